The van der Waals surface area contributed by atoms with E-state index in [1.54, 1.807) is 6.92 Å². The fourth-order valence-corrected chi connectivity index (χ4v) is 2.23. The van der Waals surface area contributed by atoms with Crippen molar-refractivity contribution in [1.82, 2.24) is 0 Å². The predicted octanol–water partition coefficient (Wildman–Crippen LogP) is 3.03. The fourth-order valence-electron chi connectivity index (χ4n) is 2.23. The molecule has 0 fully saturated rings. The standard InChI is InChI=1S/C14H17F4NO2/c1-6(3-8(5-19)14(20)21)7(2)11-9(15)4-10(16)12(17)13(11)18/h4,6-8H,3,5,19H2,1-2H3,(H,20,21). The first kappa shape index (κ1) is 17.4. The maximum Gasteiger partial charge on any atom is 0.307 e. The van der Waals surface area contributed by atoms with E-state index in [1.807, 2.05) is 0 Å². The first-order chi connectivity index (χ1) is 9.70. The second kappa shape index (κ2) is 6.89. The number of hydrogen-bond donors (Lipinski definition) is 2. The molecule has 0 amide bonds. The molecule has 1 rings (SSSR count). The third kappa shape index (κ3) is 3.72. The Balaban J connectivity index is 3.06. The first-order valence-corrected chi connectivity index (χ1v) is 6.46. The molecule has 0 aliphatic carbocycles. The van der Waals surface area contributed by atoms with Crippen molar-refractivity contribution in [2.75, 3.05) is 6.54 Å². The SMILES string of the molecule is CC(CC(CN)C(=O)O)C(C)c1c(F)cc(F)c(F)c1F. The molecule has 0 aliphatic rings. The second-order valence-corrected chi connectivity index (χ2v) is 5.15. The highest BCUT2D eigenvalue weighted by Crippen LogP contribution is 2.33. The number of carbonyl (C=O) groups is 1. The number of benzene rings is 1. The Morgan fingerprint density at radius 1 is 1.19 bits per heavy atom. The van der Waals surface area contributed by atoms with Crippen LogP contribution in [0.2, 0.25) is 0 Å². The molecule has 0 heterocycles. The lowest BCUT2D eigenvalue weighted by molar-refractivity contribution is -0.142. The molecule has 0 radical (unpaired) electrons. The van der Waals surface area contributed by atoms with Gasteiger partial charge in [0.15, 0.2) is 17.5 Å². The number of rotatable bonds is 6. The van der Waals surface area contributed by atoms with E-state index in [0.717, 1.165) is 0 Å². The quantitative estimate of drug-likeness (QED) is 0.482. The lowest BCUT2D eigenvalue weighted by atomic mass is 9.82. The molecule has 0 saturated carbocycles. The van der Waals surface area contributed by atoms with Crippen LogP contribution in [0.1, 0.15) is 31.7 Å². The Kier molecular flexibility index (Phi) is 5.71. The molecule has 3 N–H and O–H groups in total. The summed E-state index contributed by atoms with van der Waals surface area (Å²) in [6.45, 7) is 2.89. The van der Waals surface area contributed by atoms with Crippen LogP contribution >= 0.6 is 0 Å². The zero-order valence-electron chi connectivity index (χ0n) is 11.7. The Morgan fingerprint density at radius 3 is 2.24 bits per heavy atom. The fraction of sp³-hybridized carbons (Fsp3) is 0.500. The number of carboxylic acids is 1. The van der Waals surface area contributed by atoms with Gasteiger partial charge in [0.1, 0.15) is 5.82 Å². The minimum absolute atomic E-state index is 0.0743. The van der Waals surface area contributed by atoms with E-state index in [0.29, 0.717) is 0 Å². The highest BCUT2D eigenvalue weighted by atomic mass is 19.2. The van der Waals surface area contributed by atoms with Crippen molar-refractivity contribution in [1.29, 1.82) is 0 Å². The molecule has 0 saturated heterocycles. The molecule has 3 nitrogen and oxygen atoms in total. The van der Waals surface area contributed by atoms with Gasteiger partial charge in [-0.15, -0.1) is 0 Å². The highest BCUT2D eigenvalue weighted by Gasteiger charge is 2.29. The Hall–Kier alpha value is -1.63. The van der Waals surface area contributed by atoms with Crippen LogP contribution in [0.4, 0.5) is 17.6 Å². The van der Waals surface area contributed by atoms with Crippen LogP contribution < -0.4 is 5.73 Å². The van der Waals surface area contributed by atoms with Gasteiger partial charge >= 0.3 is 5.97 Å². The second-order valence-electron chi connectivity index (χ2n) is 5.15. The zero-order valence-corrected chi connectivity index (χ0v) is 11.7. The molecule has 118 valence electrons. The summed E-state index contributed by atoms with van der Waals surface area (Å²) >= 11 is 0. The van der Waals surface area contributed by atoms with Gasteiger partial charge in [0.2, 0.25) is 0 Å². The van der Waals surface area contributed by atoms with E-state index < -0.39 is 52.6 Å². The van der Waals surface area contributed by atoms with Gasteiger partial charge in [-0.05, 0) is 18.3 Å². The van der Waals surface area contributed by atoms with E-state index in [9.17, 15) is 22.4 Å². The normalized spacial score (nSPS) is 15.6. The highest BCUT2D eigenvalue weighted by molar-refractivity contribution is 5.70. The number of hydrogen-bond acceptors (Lipinski definition) is 2. The molecule has 0 spiro atoms. The smallest absolute Gasteiger partial charge is 0.307 e. The molecule has 3 atom stereocenters. The van der Waals surface area contributed by atoms with E-state index in [-0.39, 0.29) is 19.0 Å². The summed E-state index contributed by atoms with van der Waals surface area (Å²) in [5.74, 6) is -9.38. The van der Waals surface area contributed by atoms with Crippen molar-refractivity contribution in [3.05, 3.63) is 34.9 Å². The first-order valence-electron chi connectivity index (χ1n) is 6.46. The van der Waals surface area contributed by atoms with Gasteiger partial charge in [-0.25, -0.2) is 17.6 Å². The van der Waals surface area contributed by atoms with Crippen molar-refractivity contribution in [3.8, 4) is 0 Å². The van der Waals surface area contributed by atoms with Crippen LogP contribution in [0.5, 0.6) is 0 Å². The number of aliphatic carboxylic acids is 1. The lowest BCUT2D eigenvalue weighted by Crippen LogP contribution is -2.27. The average molecular weight is 307 g/mol. The Bertz CT molecular complexity index is 536. The maximum atomic E-state index is 13.7. The van der Waals surface area contributed by atoms with Gasteiger partial charge in [-0.1, -0.05) is 13.8 Å². The summed E-state index contributed by atoms with van der Waals surface area (Å²) < 4.78 is 53.5. The topological polar surface area (TPSA) is 63.3 Å². The molecule has 1 aromatic rings. The lowest BCUT2D eigenvalue weighted by Gasteiger charge is -2.24. The monoisotopic (exact) mass is 307 g/mol. The van der Waals surface area contributed by atoms with Crippen LogP contribution in [0.15, 0.2) is 6.07 Å². The summed E-state index contributed by atoms with van der Waals surface area (Å²) in [5.41, 5.74) is 4.75. The van der Waals surface area contributed by atoms with Gasteiger partial charge in [0.25, 0.3) is 0 Å². The van der Waals surface area contributed by atoms with Crippen LogP contribution in [0.25, 0.3) is 0 Å². The van der Waals surface area contributed by atoms with Crippen LogP contribution in [0, 0.1) is 35.1 Å². The third-order valence-corrected chi connectivity index (χ3v) is 3.75. The zero-order chi connectivity index (χ0) is 16.3. The summed E-state index contributed by atoms with van der Waals surface area (Å²) in [6, 6.07) is 0.286. The van der Waals surface area contributed by atoms with Crippen molar-refractivity contribution >= 4 is 5.97 Å². The summed E-state index contributed by atoms with van der Waals surface area (Å²) in [5, 5.41) is 8.93. The maximum absolute atomic E-state index is 13.7. The number of nitrogens with two attached hydrogens (primary N) is 1. The van der Waals surface area contributed by atoms with Crippen molar-refractivity contribution < 1.29 is 27.5 Å². The van der Waals surface area contributed by atoms with E-state index in [4.69, 9.17) is 10.8 Å². The van der Waals surface area contributed by atoms with Crippen LogP contribution in [-0.2, 0) is 4.79 Å². The van der Waals surface area contributed by atoms with E-state index >= 15 is 0 Å². The molecular weight excluding hydrogens is 290 g/mol. The molecule has 7 heteroatoms. The minimum Gasteiger partial charge on any atom is -0.481 e. The molecule has 21 heavy (non-hydrogen) atoms. The molecule has 0 aromatic heterocycles. The molecule has 0 bridgehead atoms. The number of carboxylic acid groups (broad SMARTS) is 1. The van der Waals surface area contributed by atoms with Crippen molar-refractivity contribution in [3.63, 3.8) is 0 Å². The van der Waals surface area contributed by atoms with Crippen molar-refractivity contribution in [2.24, 2.45) is 17.6 Å². The molecule has 3 unspecified atom stereocenters. The van der Waals surface area contributed by atoms with Crippen LogP contribution in [-0.4, -0.2) is 17.6 Å². The average Bonchev–Trinajstić information content (AvgIpc) is 2.41. The van der Waals surface area contributed by atoms with Gasteiger partial charge in [-0.3, -0.25) is 4.79 Å². The summed E-state index contributed by atoms with van der Waals surface area (Å²) in [7, 11) is 0. The third-order valence-electron chi connectivity index (χ3n) is 3.75. The summed E-state index contributed by atoms with van der Waals surface area (Å²) in [6.07, 6.45) is 0.0743. The van der Waals surface area contributed by atoms with Crippen LogP contribution in [0.3, 0.4) is 0 Å². The summed E-state index contributed by atoms with van der Waals surface area (Å²) in [4.78, 5) is 10.9. The predicted molar refractivity (Wildman–Crippen MR) is 68.7 cm³/mol. The Labute approximate surface area is 119 Å². The molecule has 0 aliphatic heterocycles. The molecule has 1 aromatic carbocycles. The molecular formula is C14H17F4NO2. The van der Waals surface area contributed by atoms with Crippen molar-refractivity contribution in [2.45, 2.75) is 26.2 Å². The largest absolute Gasteiger partial charge is 0.481 e. The van der Waals surface area contributed by atoms with E-state index in [1.165, 1.54) is 6.92 Å². The van der Waals surface area contributed by atoms with Gasteiger partial charge < -0.3 is 10.8 Å². The minimum atomic E-state index is -1.74. The van der Waals surface area contributed by atoms with Gasteiger partial charge in [-0.2, -0.15) is 0 Å². The van der Waals surface area contributed by atoms with Gasteiger partial charge in [0.05, 0.1) is 5.92 Å². The van der Waals surface area contributed by atoms with Gasteiger partial charge in [0, 0.05) is 18.2 Å². The number of halogens is 4. The van der Waals surface area contributed by atoms with E-state index in [2.05, 4.69) is 0 Å². The Morgan fingerprint density at radius 2 is 1.76 bits per heavy atom.